The zero-order valence-electron chi connectivity index (χ0n) is 16.5. The van der Waals surface area contributed by atoms with Crippen molar-refractivity contribution in [2.24, 2.45) is 5.73 Å². The van der Waals surface area contributed by atoms with Crippen LogP contribution in [0.4, 0.5) is 0 Å². The van der Waals surface area contributed by atoms with Crippen molar-refractivity contribution in [2.45, 2.75) is 32.8 Å². The van der Waals surface area contributed by atoms with Crippen molar-refractivity contribution in [1.29, 1.82) is 0 Å². The summed E-state index contributed by atoms with van der Waals surface area (Å²) >= 11 is 6.17. The number of amides is 1. The van der Waals surface area contributed by atoms with Crippen LogP contribution in [0.3, 0.4) is 0 Å². The van der Waals surface area contributed by atoms with Gasteiger partial charge in [-0.1, -0.05) is 41.9 Å². The van der Waals surface area contributed by atoms with Crippen LogP contribution in [0.1, 0.15) is 46.6 Å². The van der Waals surface area contributed by atoms with Crippen LogP contribution in [-0.2, 0) is 12.0 Å². The van der Waals surface area contributed by atoms with E-state index in [1.165, 1.54) is 0 Å². The SMILES string of the molecule is Cc1c(Cc2ccc(-c3ccc(C(C)(C)O)nc3)cc2)cc(C(N)=O)c(O)c1Cl. The van der Waals surface area contributed by atoms with E-state index in [4.69, 9.17) is 17.3 Å². The van der Waals surface area contributed by atoms with Crippen molar-refractivity contribution in [3.63, 3.8) is 0 Å². The first kappa shape index (κ1) is 20.8. The van der Waals surface area contributed by atoms with Crippen molar-refractivity contribution in [3.8, 4) is 16.9 Å². The predicted molar refractivity (Wildman–Crippen MR) is 114 cm³/mol. The summed E-state index contributed by atoms with van der Waals surface area (Å²) in [5.74, 6) is -0.999. The Hall–Kier alpha value is -2.89. The molecule has 3 rings (SSSR count). The third-order valence-corrected chi connectivity index (χ3v) is 5.39. The number of benzene rings is 2. The van der Waals surface area contributed by atoms with Crippen LogP contribution < -0.4 is 5.73 Å². The van der Waals surface area contributed by atoms with Gasteiger partial charge in [-0.25, -0.2) is 0 Å². The molecule has 0 bridgehead atoms. The largest absolute Gasteiger partial charge is 0.506 e. The fourth-order valence-corrected chi connectivity index (χ4v) is 3.34. The zero-order chi connectivity index (χ0) is 21.3. The van der Waals surface area contributed by atoms with Gasteiger partial charge >= 0.3 is 0 Å². The third-order valence-electron chi connectivity index (χ3n) is 4.93. The molecule has 6 heteroatoms. The van der Waals surface area contributed by atoms with Crippen molar-refractivity contribution in [3.05, 3.63) is 81.6 Å². The molecule has 1 aromatic heterocycles. The zero-order valence-corrected chi connectivity index (χ0v) is 17.3. The Bertz CT molecular complexity index is 1050. The van der Waals surface area contributed by atoms with Crippen molar-refractivity contribution < 1.29 is 15.0 Å². The molecule has 0 fully saturated rings. The molecular formula is C23H23ClN2O3. The summed E-state index contributed by atoms with van der Waals surface area (Å²) in [5.41, 5.74) is 9.50. The summed E-state index contributed by atoms with van der Waals surface area (Å²) < 4.78 is 0. The predicted octanol–water partition coefficient (Wildman–Crippen LogP) is 4.33. The van der Waals surface area contributed by atoms with Gasteiger partial charge in [0.25, 0.3) is 5.91 Å². The van der Waals surface area contributed by atoms with Gasteiger partial charge in [0.15, 0.2) is 0 Å². The minimum atomic E-state index is -0.977. The molecule has 1 heterocycles. The maximum absolute atomic E-state index is 11.6. The molecule has 5 nitrogen and oxygen atoms in total. The monoisotopic (exact) mass is 410 g/mol. The Labute approximate surface area is 174 Å². The fourth-order valence-electron chi connectivity index (χ4n) is 3.12. The standard InChI is InChI=1S/C23H23ClN2O3/c1-13-17(11-18(22(25)28)21(27)20(13)24)10-14-4-6-15(7-5-14)16-8-9-19(26-12-16)23(2,3)29/h4-9,11-12,27,29H,10H2,1-3H3,(H2,25,28). The first-order valence-electron chi connectivity index (χ1n) is 9.17. The number of hydrogen-bond acceptors (Lipinski definition) is 4. The molecule has 29 heavy (non-hydrogen) atoms. The Kier molecular flexibility index (Phi) is 5.64. The van der Waals surface area contributed by atoms with Gasteiger partial charge in [0.1, 0.15) is 11.4 Å². The Morgan fingerprint density at radius 3 is 2.28 bits per heavy atom. The highest BCUT2D eigenvalue weighted by Gasteiger charge is 2.18. The third kappa shape index (κ3) is 4.42. The molecular weight excluding hydrogens is 388 g/mol. The summed E-state index contributed by atoms with van der Waals surface area (Å²) in [6.45, 7) is 5.20. The van der Waals surface area contributed by atoms with E-state index in [2.05, 4.69) is 4.98 Å². The highest BCUT2D eigenvalue weighted by atomic mass is 35.5. The number of rotatable bonds is 5. The number of phenols is 1. The van der Waals surface area contributed by atoms with Crippen LogP contribution in [0.2, 0.25) is 5.02 Å². The number of primary amides is 1. The lowest BCUT2D eigenvalue weighted by Crippen LogP contribution is -2.17. The van der Waals surface area contributed by atoms with E-state index in [9.17, 15) is 15.0 Å². The Balaban J connectivity index is 1.86. The Morgan fingerprint density at radius 1 is 1.14 bits per heavy atom. The van der Waals surface area contributed by atoms with Crippen LogP contribution in [0.5, 0.6) is 5.75 Å². The van der Waals surface area contributed by atoms with Gasteiger partial charge in [-0.05, 0) is 61.6 Å². The second kappa shape index (κ2) is 7.85. The maximum Gasteiger partial charge on any atom is 0.252 e. The van der Waals surface area contributed by atoms with Gasteiger partial charge in [0, 0.05) is 11.8 Å². The van der Waals surface area contributed by atoms with Gasteiger partial charge in [0.2, 0.25) is 0 Å². The highest BCUT2D eigenvalue weighted by molar-refractivity contribution is 6.33. The van der Waals surface area contributed by atoms with Gasteiger partial charge in [-0.3, -0.25) is 9.78 Å². The molecule has 0 saturated heterocycles. The van der Waals surface area contributed by atoms with E-state index in [-0.39, 0.29) is 16.3 Å². The normalized spacial score (nSPS) is 11.5. The lowest BCUT2D eigenvalue weighted by atomic mass is 9.96. The molecule has 0 aliphatic heterocycles. The number of aliphatic hydroxyl groups is 1. The number of pyridine rings is 1. The second-order valence-electron chi connectivity index (χ2n) is 7.60. The van der Waals surface area contributed by atoms with Crippen LogP contribution >= 0.6 is 11.6 Å². The first-order chi connectivity index (χ1) is 13.6. The van der Waals surface area contributed by atoms with Gasteiger partial charge in [-0.15, -0.1) is 0 Å². The fraction of sp³-hybridized carbons (Fsp3) is 0.217. The van der Waals surface area contributed by atoms with Crippen LogP contribution in [0.25, 0.3) is 11.1 Å². The molecule has 0 radical (unpaired) electrons. The minimum Gasteiger partial charge on any atom is -0.506 e. The summed E-state index contributed by atoms with van der Waals surface area (Å²) in [6, 6.07) is 13.3. The number of aromatic nitrogens is 1. The van der Waals surface area contributed by atoms with E-state index in [0.717, 1.165) is 22.3 Å². The quantitative estimate of drug-likeness (QED) is 0.583. The van der Waals surface area contributed by atoms with E-state index in [0.29, 0.717) is 17.7 Å². The number of nitrogens with zero attached hydrogens (tertiary/aromatic N) is 1. The van der Waals surface area contributed by atoms with Gasteiger partial charge in [0.05, 0.1) is 16.3 Å². The lowest BCUT2D eigenvalue weighted by Gasteiger charge is -2.16. The summed E-state index contributed by atoms with van der Waals surface area (Å²) in [7, 11) is 0. The van der Waals surface area contributed by atoms with E-state index < -0.39 is 11.5 Å². The van der Waals surface area contributed by atoms with Gasteiger partial charge < -0.3 is 15.9 Å². The number of halogens is 1. The minimum absolute atomic E-state index is 0.0187. The number of carbonyl (C=O) groups is 1. The highest BCUT2D eigenvalue weighted by Crippen LogP contribution is 2.34. The first-order valence-corrected chi connectivity index (χ1v) is 9.54. The van der Waals surface area contributed by atoms with Gasteiger partial charge in [-0.2, -0.15) is 0 Å². The molecule has 0 aliphatic carbocycles. The van der Waals surface area contributed by atoms with E-state index in [1.807, 2.05) is 36.4 Å². The molecule has 0 atom stereocenters. The molecule has 0 aliphatic rings. The van der Waals surface area contributed by atoms with Crippen molar-refractivity contribution in [1.82, 2.24) is 4.98 Å². The van der Waals surface area contributed by atoms with Crippen molar-refractivity contribution in [2.75, 3.05) is 0 Å². The lowest BCUT2D eigenvalue weighted by molar-refractivity contribution is 0.0738. The van der Waals surface area contributed by atoms with Crippen LogP contribution in [-0.4, -0.2) is 21.1 Å². The molecule has 2 aromatic carbocycles. The summed E-state index contributed by atoms with van der Waals surface area (Å²) in [4.78, 5) is 15.9. The number of aromatic hydroxyl groups is 1. The van der Waals surface area contributed by atoms with Crippen LogP contribution in [0.15, 0.2) is 48.7 Å². The van der Waals surface area contributed by atoms with Crippen molar-refractivity contribution >= 4 is 17.5 Å². The van der Waals surface area contributed by atoms with Crippen LogP contribution in [0, 0.1) is 6.92 Å². The molecule has 3 aromatic rings. The summed E-state index contributed by atoms with van der Waals surface area (Å²) in [6.07, 6.45) is 2.29. The molecule has 0 saturated carbocycles. The topological polar surface area (TPSA) is 96.4 Å². The molecule has 0 unspecified atom stereocenters. The number of carbonyl (C=O) groups excluding carboxylic acids is 1. The average Bonchev–Trinajstić information content (AvgIpc) is 2.68. The number of hydrogen-bond donors (Lipinski definition) is 3. The maximum atomic E-state index is 11.6. The molecule has 4 N–H and O–H groups in total. The second-order valence-corrected chi connectivity index (χ2v) is 7.98. The molecule has 1 amide bonds. The van der Waals surface area contributed by atoms with E-state index >= 15 is 0 Å². The van der Waals surface area contributed by atoms with E-state index in [1.54, 1.807) is 33.0 Å². The Morgan fingerprint density at radius 2 is 1.76 bits per heavy atom. The average molecular weight is 411 g/mol. The number of nitrogens with two attached hydrogens (primary N) is 1. The smallest absolute Gasteiger partial charge is 0.252 e. The summed E-state index contributed by atoms with van der Waals surface area (Å²) in [5, 5.41) is 20.2. The molecule has 150 valence electrons. The molecule has 0 spiro atoms.